The second-order valence-electron chi connectivity index (χ2n) is 13.1. The minimum Gasteiger partial charge on any atom is -0.484 e. The molecule has 0 saturated heterocycles. The Kier molecular flexibility index (Phi) is 6.31. The fourth-order valence-electron chi connectivity index (χ4n) is 9.74. The van der Waals surface area contributed by atoms with Crippen LogP contribution in [-0.2, 0) is 27.9 Å². The van der Waals surface area contributed by atoms with Gasteiger partial charge in [-0.05, 0) is 96.2 Å². The van der Waals surface area contributed by atoms with Gasteiger partial charge in [-0.1, -0.05) is 38.0 Å². The Labute approximate surface area is 236 Å². The molecule has 1 aliphatic heterocycles. The van der Waals surface area contributed by atoms with Gasteiger partial charge >= 0.3 is 0 Å². The minimum absolute atomic E-state index is 0.0709. The van der Waals surface area contributed by atoms with E-state index in [1.807, 2.05) is 18.2 Å². The van der Waals surface area contributed by atoms with Crippen molar-refractivity contribution in [2.24, 2.45) is 40.0 Å². The lowest BCUT2D eigenvalue weighted by molar-refractivity contribution is -0.199. The second-order valence-corrected chi connectivity index (χ2v) is 13.1. The van der Waals surface area contributed by atoms with Crippen molar-refractivity contribution in [1.29, 1.82) is 0 Å². The molecular weight excluding hydrogens is 504 g/mol. The standard InChI is InChI=1S/C33H40N2O5/c1-3-32-16-24(18-39-17-20-6-8-21(9-7-20)31(34)36)28(38-2)30-33(32)13-12-22(14-19-4-5-19)25(32)15-23-10-11-26(35-37)29(40-30)27(23)33/h6-11,19,22,24-25,28,30H,3-5,12-18H2,1-2H3,(H2,34,36). The van der Waals surface area contributed by atoms with Crippen LogP contribution in [0.25, 0.3) is 0 Å². The van der Waals surface area contributed by atoms with E-state index in [1.54, 1.807) is 19.2 Å². The van der Waals surface area contributed by atoms with Crippen LogP contribution in [0.1, 0.15) is 78.9 Å². The number of nitrogens with zero attached hydrogens (tertiary/aromatic N) is 1. The lowest BCUT2D eigenvalue weighted by Gasteiger charge is -2.67. The van der Waals surface area contributed by atoms with Crippen LogP contribution in [-0.4, -0.2) is 31.8 Å². The number of methoxy groups -OCH3 is 1. The van der Waals surface area contributed by atoms with Gasteiger partial charge in [0.05, 0.1) is 19.3 Å². The molecule has 5 aliphatic rings. The number of nitrogens with two attached hydrogens (primary N) is 1. The van der Waals surface area contributed by atoms with Gasteiger partial charge in [-0.25, -0.2) is 0 Å². The summed E-state index contributed by atoms with van der Waals surface area (Å²) in [6.45, 7) is 3.40. The Bertz CT molecular complexity index is 1320. The van der Waals surface area contributed by atoms with Gasteiger partial charge in [0.25, 0.3) is 0 Å². The molecule has 2 aromatic rings. The zero-order chi connectivity index (χ0) is 27.6. The first-order valence-electron chi connectivity index (χ1n) is 15.1. The van der Waals surface area contributed by atoms with E-state index < -0.39 is 5.91 Å². The highest BCUT2D eigenvalue weighted by Gasteiger charge is 2.73. The summed E-state index contributed by atoms with van der Waals surface area (Å²) in [6.07, 6.45) is 9.30. The molecule has 4 aliphatic carbocycles. The summed E-state index contributed by atoms with van der Waals surface area (Å²) in [4.78, 5) is 23.4. The molecule has 3 saturated carbocycles. The predicted molar refractivity (Wildman–Crippen MR) is 151 cm³/mol. The fourth-order valence-corrected chi connectivity index (χ4v) is 9.74. The minimum atomic E-state index is -0.428. The number of hydrogen-bond donors (Lipinski definition) is 1. The van der Waals surface area contributed by atoms with E-state index in [4.69, 9.17) is 19.9 Å². The van der Waals surface area contributed by atoms with Crippen LogP contribution in [0.5, 0.6) is 5.75 Å². The number of carbonyl (C=O) groups is 1. The molecule has 1 amide bonds. The number of primary amides is 1. The number of nitroso groups, excluding NO2 is 1. The number of carbonyl (C=O) groups excluding carboxylic acids is 1. The maximum atomic E-state index is 11.9. The maximum Gasteiger partial charge on any atom is 0.248 e. The summed E-state index contributed by atoms with van der Waals surface area (Å²) in [7, 11) is 1.79. The molecule has 2 aromatic carbocycles. The van der Waals surface area contributed by atoms with Crippen LogP contribution >= 0.6 is 0 Å². The fraction of sp³-hybridized carbons (Fsp3) is 0.606. The van der Waals surface area contributed by atoms with Crippen molar-refractivity contribution >= 4 is 11.6 Å². The highest BCUT2D eigenvalue weighted by atomic mass is 16.5. The first-order valence-corrected chi connectivity index (χ1v) is 15.1. The van der Waals surface area contributed by atoms with Crippen molar-refractivity contribution < 1.29 is 19.0 Å². The average molecular weight is 545 g/mol. The van der Waals surface area contributed by atoms with E-state index in [0.29, 0.717) is 36.1 Å². The molecule has 7 rings (SSSR count). The highest BCUT2D eigenvalue weighted by molar-refractivity contribution is 5.92. The Balaban J connectivity index is 1.24. The largest absolute Gasteiger partial charge is 0.484 e. The van der Waals surface area contributed by atoms with Crippen LogP contribution in [0.4, 0.5) is 5.69 Å². The molecule has 1 heterocycles. The molecule has 7 unspecified atom stereocenters. The smallest absolute Gasteiger partial charge is 0.248 e. The van der Waals surface area contributed by atoms with Crippen LogP contribution in [0.15, 0.2) is 41.6 Å². The third-order valence-electron chi connectivity index (χ3n) is 11.5. The SMILES string of the molecule is CCC12CC(COCc3ccc(C(N)=O)cc3)C(OC)C3Oc4c(N=O)ccc5c4C31CCC(CC1CC1)C2C5. The monoisotopic (exact) mass is 544 g/mol. The zero-order valence-corrected chi connectivity index (χ0v) is 23.6. The number of benzene rings is 2. The van der Waals surface area contributed by atoms with Gasteiger partial charge < -0.3 is 19.9 Å². The van der Waals surface area contributed by atoms with Gasteiger partial charge in [-0.3, -0.25) is 4.79 Å². The van der Waals surface area contributed by atoms with E-state index in [2.05, 4.69) is 18.2 Å². The van der Waals surface area contributed by atoms with Crippen LogP contribution in [0.3, 0.4) is 0 Å². The molecule has 0 radical (unpaired) electrons. The first-order chi connectivity index (χ1) is 19.5. The second kappa shape index (κ2) is 9.66. The molecular formula is C33H40N2O5. The van der Waals surface area contributed by atoms with Crippen molar-refractivity contribution in [3.05, 3.63) is 63.6 Å². The van der Waals surface area contributed by atoms with Gasteiger partial charge in [0.15, 0.2) is 5.75 Å². The summed E-state index contributed by atoms with van der Waals surface area (Å²) in [5.74, 6) is 2.67. The van der Waals surface area contributed by atoms with Crippen LogP contribution in [0.2, 0.25) is 0 Å². The van der Waals surface area contributed by atoms with Gasteiger partial charge in [-0.15, -0.1) is 4.91 Å². The predicted octanol–water partition coefficient (Wildman–Crippen LogP) is 6.21. The molecule has 0 aromatic heterocycles. The lowest BCUT2D eigenvalue weighted by Crippen LogP contribution is -2.70. The van der Waals surface area contributed by atoms with Crippen molar-refractivity contribution in [2.75, 3.05) is 13.7 Å². The molecule has 40 heavy (non-hydrogen) atoms. The Morgan fingerprint density at radius 1 is 1.12 bits per heavy atom. The average Bonchev–Trinajstić information content (AvgIpc) is 3.72. The van der Waals surface area contributed by atoms with Gasteiger partial charge in [0.2, 0.25) is 5.91 Å². The summed E-state index contributed by atoms with van der Waals surface area (Å²) in [5.41, 5.74) is 9.88. The van der Waals surface area contributed by atoms with E-state index in [9.17, 15) is 9.70 Å². The highest BCUT2D eigenvalue weighted by Crippen LogP contribution is 2.74. The van der Waals surface area contributed by atoms with Gasteiger partial charge in [0.1, 0.15) is 11.8 Å². The number of ether oxygens (including phenoxy) is 3. The quantitative estimate of drug-likeness (QED) is 0.358. The molecule has 3 fully saturated rings. The van der Waals surface area contributed by atoms with E-state index in [-0.39, 0.29) is 29.0 Å². The van der Waals surface area contributed by atoms with Gasteiger partial charge in [0, 0.05) is 29.6 Å². The first kappa shape index (κ1) is 26.1. The number of rotatable bonds is 10. The van der Waals surface area contributed by atoms with Gasteiger partial charge in [-0.2, -0.15) is 0 Å². The molecule has 1 spiro atoms. The summed E-state index contributed by atoms with van der Waals surface area (Å²) in [6, 6.07) is 11.3. The van der Waals surface area contributed by atoms with E-state index >= 15 is 0 Å². The Morgan fingerprint density at radius 2 is 1.93 bits per heavy atom. The third kappa shape index (κ3) is 3.66. The molecule has 2 N–H and O–H groups in total. The Hall–Kier alpha value is -2.77. The third-order valence-corrected chi connectivity index (χ3v) is 11.5. The molecule has 7 heteroatoms. The molecule has 2 bridgehead atoms. The van der Waals surface area contributed by atoms with Crippen molar-refractivity contribution in [3.8, 4) is 5.75 Å². The van der Waals surface area contributed by atoms with Crippen molar-refractivity contribution in [2.45, 2.75) is 82.5 Å². The normalized spacial score (nSPS) is 35.1. The van der Waals surface area contributed by atoms with Crippen LogP contribution in [0, 0.1) is 34.0 Å². The number of amides is 1. The molecule has 212 valence electrons. The summed E-state index contributed by atoms with van der Waals surface area (Å²) >= 11 is 0. The number of hydrogen-bond acceptors (Lipinski definition) is 6. The topological polar surface area (TPSA) is 100 Å². The van der Waals surface area contributed by atoms with Crippen LogP contribution < -0.4 is 10.5 Å². The summed E-state index contributed by atoms with van der Waals surface area (Å²) < 4.78 is 19.5. The van der Waals surface area contributed by atoms with E-state index in [0.717, 1.165) is 43.1 Å². The summed E-state index contributed by atoms with van der Waals surface area (Å²) in [5, 5.41) is 3.40. The zero-order valence-electron chi connectivity index (χ0n) is 23.6. The maximum absolute atomic E-state index is 11.9. The van der Waals surface area contributed by atoms with E-state index in [1.165, 1.54) is 36.8 Å². The van der Waals surface area contributed by atoms with Crippen molar-refractivity contribution in [1.82, 2.24) is 0 Å². The lowest BCUT2D eigenvalue weighted by atomic mass is 9.36. The van der Waals surface area contributed by atoms with Crippen molar-refractivity contribution in [3.63, 3.8) is 0 Å². The molecule has 7 atom stereocenters. The Morgan fingerprint density at radius 3 is 2.60 bits per heavy atom. The molecule has 7 nitrogen and oxygen atoms in total.